The minimum Gasteiger partial charge on any atom is -0.384 e. The summed E-state index contributed by atoms with van der Waals surface area (Å²) in [6.45, 7) is 20.2. The van der Waals surface area contributed by atoms with Gasteiger partial charge in [-0.2, -0.15) is 37.8 Å². The molecular formula is C39H47N17O2W3. The maximum Gasteiger partial charge on any atom is 2.00 e. The second-order valence-electron chi connectivity index (χ2n) is 12.4. The summed E-state index contributed by atoms with van der Waals surface area (Å²) in [4.78, 5) is 39.5. The molecule has 22 heteroatoms. The zero-order valence-corrected chi connectivity index (χ0v) is 44.2. The van der Waals surface area contributed by atoms with Gasteiger partial charge in [-0.1, -0.05) is 22.1 Å². The Morgan fingerprint density at radius 2 is 1.05 bits per heavy atom. The van der Waals surface area contributed by atoms with Crippen molar-refractivity contribution in [1.29, 1.82) is 0 Å². The molecule has 0 saturated heterocycles. The Balaban J connectivity index is 0. The number of anilines is 3. The molecule has 0 fully saturated rings. The molecule has 0 aliphatic heterocycles. The van der Waals surface area contributed by atoms with Crippen LogP contribution in [0.25, 0.3) is 33.9 Å². The van der Waals surface area contributed by atoms with Crippen LogP contribution in [-0.4, -0.2) is 70.2 Å². The van der Waals surface area contributed by atoms with E-state index in [0.717, 1.165) is 34.7 Å². The van der Waals surface area contributed by atoms with Crippen LogP contribution < -0.4 is 17.2 Å². The fourth-order valence-electron chi connectivity index (χ4n) is 4.81. The van der Waals surface area contributed by atoms with Crippen molar-refractivity contribution in [3.63, 3.8) is 0 Å². The van der Waals surface area contributed by atoms with Crippen molar-refractivity contribution in [2.24, 2.45) is 0 Å². The Morgan fingerprint density at radius 3 is 1.39 bits per heavy atom. The molecule has 0 radical (unpaired) electrons. The molecule has 61 heavy (non-hydrogen) atoms. The van der Waals surface area contributed by atoms with Crippen molar-refractivity contribution in [3.8, 4) is 29.1 Å². The topological polar surface area (TPSA) is 256 Å². The molecule has 19 nitrogen and oxygen atoms in total. The first kappa shape index (κ1) is 57.4. The standard InChI is InChI=1S/C13H13N6O.C12H14N5O.C11H11N6.3CH3.3W/c1-8(2)12-9(10-4-6-20-18-10)7-19(17-12)13-15-5-3-11(14)16-13;1-7(2)11-9(8(3)18)6-17(16-11)12-14-5-4-10(13)15-12;1-7(2)10-8(13-3)6-17(16-10)11-14-5-4-9(12)15-11;;;;;;/h3-7H,1-2H3,(H2,14,15,16);4-6H,1-3H3,(H2,13,14,15);4-6H,1-2H3,(H2,12,14,15);3*1H3;;;/q6*-1;3*+2. The molecule has 0 aliphatic carbocycles. The van der Waals surface area contributed by atoms with Gasteiger partial charge in [0.25, 0.3) is 17.8 Å². The van der Waals surface area contributed by atoms with Crippen LogP contribution in [0.15, 0.2) is 72.2 Å². The number of rotatable bonds is 8. The van der Waals surface area contributed by atoms with Gasteiger partial charge in [-0.3, -0.25) is 0 Å². The van der Waals surface area contributed by atoms with Crippen LogP contribution in [0.5, 0.6) is 0 Å². The number of Topliss-reactive ketones (excluding diaryl/α,β-unsaturated/α-hetero) is 1. The zero-order chi connectivity index (χ0) is 39.8. The van der Waals surface area contributed by atoms with E-state index in [1.54, 1.807) is 59.9 Å². The average Bonchev–Trinajstić information content (AvgIpc) is 3.97. The van der Waals surface area contributed by atoms with Gasteiger partial charge in [0.1, 0.15) is 23.7 Å². The van der Waals surface area contributed by atoms with Crippen molar-refractivity contribution in [2.75, 3.05) is 17.2 Å². The van der Waals surface area contributed by atoms with Gasteiger partial charge < -0.3 is 48.8 Å². The van der Waals surface area contributed by atoms with Crippen molar-refractivity contribution in [2.45, 2.75) is 48.5 Å². The second kappa shape index (κ2) is 25.8. The molecule has 0 aliphatic rings. The Hall–Kier alpha value is -5.69. The quantitative estimate of drug-likeness (QED) is 0.110. The number of carbonyl (C=O) groups is 1. The Labute approximate surface area is 399 Å². The predicted molar refractivity (Wildman–Crippen MR) is 223 cm³/mol. The van der Waals surface area contributed by atoms with E-state index in [9.17, 15) is 4.79 Å². The van der Waals surface area contributed by atoms with Crippen molar-refractivity contribution >= 4 is 28.9 Å². The number of carbonyl (C=O) groups excluding carboxylic acids is 1. The van der Waals surface area contributed by atoms with E-state index in [1.165, 1.54) is 22.6 Å². The molecule has 0 aromatic carbocycles. The molecule has 318 valence electrons. The van der Waals surface area contributed by atoms with Crippen molar-refractivity contribution in [1.82, 2.24) is 64.4 Å². The maximum absolute atomic E-state index is 11.6. The summed E-state index contributed by atoms with van der Waals surface area (Å²) < 4.78 is 9.41. The van der Waals surface area contributed by atoms with E-state index in [4.69, 9.17) is 28.3 Å². The third-order valence-corrected chi connectivity index (χ3v) is 7.37. The molecule has 0 amide bonds. The van der Waals surface area contributed by atoms with Crippen molar-refractivity contribution < 1.29 is 72.5 Å². The number of nitrogens with zero attached hydrogens (tertiary/aromatic N) is 14. The molecule has 0 unspecified atom stereocenters. The Kier molecular flexibility index (Phi) is 24.3. The number of nitrogen functional groups attached to an aromatic ring is 3. The third kappa shape index (κ3) is 14.5. The number of nitrogens with two attached hydrogens (primary N) is 3. The van der Waals surface area contributed by atoms with Crippen LogP contribution >= 0.6 is 0 Å². The molecule has 7 aromatic rings. The number of hydrogen-bond acceptors (Lipinski definition) is 15. The Morgan fingerprint density at radius 1 is 0.639 bits per heavy atom. The fraction of sp³-hybridized carbons (Fsp3) is 0.179. The van der Waals surface area contributed by atoms with Gasteiger partial charge in [-0.05, 0) is 43.6 Å². The zero-order valence-electron chi connectivity index (χ0n) is 35.4. The summed E-state index contributed by atoms with van der Waals surface area (Å²) in [6, 6.07) is 6.61. The summed E-state index contributed by atoms with van der Waals surface area (Å²) in [5.74, 6) is 5.21. The van der Waals surface area contributed by atoms with E-state index in [0.29, 0.717) is 57.9 Å². The summed E-state index contributed by atoms with van der Waals surface area (Å²) >= 11 is 0. The SMILES string of the molecule is CC(=O)c1cn(-c2nccc(N)n2)nc1[C-](C)C.C[C-](C)c1nn(-c2nccc(N)n2)cc1-c1ccon1.[C-]#[N+]c1cn(-c2nccc(N)n2)nc1[C-](C)C.[CH3-].[CH3-].[CH3-].[W+2].[W+2].[W+2]. The van der Waals surface area contributed by atoms with E-state index in [-0.39, 0.29) is 91.3 Å². The van der Waals surface area contributed by atoms with Crippen LogP contribution in [0.1, 0.15) is 75.9 Å². The first-order valence-electron chi connectivity index (χ1n) is 16.5. The molecule has 0 atom stereocenters. The minimum absolute atomic E-state index is 0. The van der Waals surface area contributed by atoms with Gasteiger partial charge in [0.05, 0.1) is 12.4 Å². The predicted octanol–water partition coefficient (Wildman–Crippen LogP) is 6.37. The van der Waals surface area contributed by atoms with Crippen LogP contribution in [-0.2, 0) is 63.2 Å². The molecular weight excluding hydrogens is 1290 g/mol. The van der Waals surface area contributed by atoms with Gasteiger partial charge in [0.2, 0.25) is 5.69 Å². The van der Waals surface area contributed by atoms with E-state index in [1.807, 2.05) is 47.7 Å². The molecule has 0 saturated carbocycles. The maximum atomic E-state index is 11.6. The average molecular weight is 1340 g/mol. The first-order chi connectivity index (χ1) is 26.2. The summed E-state index contributed by atoms with van der Waals surface area (Å²) in [6.07, 6.45) is 11.3. The van der Waals surface area contributed by atoms with Gasteiger partial charge >= 0.3 is 63.2 Å². The van der Waals surface area contributed by atoms with Crippen LogP contribution in [0.3, 0.4) is 0 Å². The largest absolute Gasteiger partial charge is 2.00 e. The molecule has 7 aromatic heterocycles. The molecule has 0 bridgehead atoms. The molecule has 7 heterocycles. The molecule has 0 spiro atoms. The van der Waals surface area contributed by atoms with Gasteiger partial charge in [-0.25, -0.2) is 44.0 Å². The summed E-state index contributed by atoms with van der Waals surface area (Å²) in [5, 5.41) is 17.0. The smallest absolute Gasteiger partial charge is 0.384 e. The van der Waals surface area contributed by atoms with Crippen LogP contribution in [0.2, 0.25) is 0 Å². The normalized spacial score (nSPS) is 9.34. The fourth-order valence-corrected chi connectivity index (χ4v) is 4.81. The third-order valence-electron chi connectivity index (χ3n) is 7.37. The van der Waals surface area contributed by atoms with Gasteiger partial charge in [-0.15, -0.1) is 47.1 Å². The first-order valence-corrected chi connectivity index (χ1v) is 16.5. The number of aromatic nitrogens is 13. The Bertz CT molecular complexity index is 2440. The molecule has 6 N–H and O–H groups in total. The van der Waals surface area contributed by atoms with Crippen molar-refractivity contribution in [3.05, 3.63) is 142 Å². The van der Waals surface area contributed by atoms with E-state index >= 15 is 0 Å². The van der Waals surface area contributed by atoms with Crippen LogP contribution in [0, 0.1) is 46.6 Å². The summed E-state index contributed by atoms with van der Waals surface area (Å²) in [5.41, 5.74) is 21.6. The molecule has 7 rings (SSSR count). The monoisotopic (exact) mass is 1340 g/mol. The minimum atomic E-state index is -0.0404. The van der Waals surface area contributed by atoms with E-state index in [2.05, 4.69) is 55.2 Å². The van der Waals surface area contributed by atoms with Gasteiger partial charge in [0, 0.05) is 36.2 Å². The number of ketones is 1. The second-order valence-corrected chi connectivity index (χ2v) is 12.4. The van der Waals surface area contributed by atoms with Crippen LogP contribution in [0.4, 0.5) is 23.1 Å². The number of hydrogen-bond donors (Lipinski definition) is 3. The summed E-state index contributed by atoms with van der Waals surface area (Å²) in [7, 11) is 0. The van der Waals surface area contributed by atoms with Gasteiger partial charge in [0.15, 0.2) is 0 Å². The van der Waals surface area contributed by atoms with E-state index < -0.39 is 0 Å².